The van der Waals surface area contributed by atoms with Crippen LogP contribution >= 0.6 is 0 Å². The minimum atomic E-state index is 0.307. The Morgan fingerprint density at radius 2 is 1.59 bits per heavy atom. The summed E-state index contributed by atoms with van der Waals surface area (Å²) in [6.07, 6.45) is 5.10. The average Bonchev–Trinajstić information content (AvgIpc) is 2.84. The van der Waals surface area contributed by atoms with Gasteiger partial charge >= 0.3 is 0 Å². The molecular weight excluding hydrogens is 420 g/mol. The minimum Gasteiger partial charge on any atom is -0.372 e. The van der Waals surface area contributed by atoms with Gasteiger partial charge in [0.05, 0.1) is 6.54 Å². The Hall–Kier alpha value is -2.37. The number of benzene rings is 2. The Morgan fingerprint density at radius 3 is 2.24 bits per heavy atom. The Morgan fingerprint density at radius 1 is 0.882 bits per heavy atom. The molecule has 0 bridgehead atoms. The molecule has 2 fully saturated rings. The van der Waals surface area contributed by atoms with Gasteiger partial charge in [0.25, 0.3) is 0 Å². The molecular formula is C29H40N4O. The molecule has 1 saturated heterocycles. The Balaban J connectivity index is 1.16. The molecule has 0 atom stereocenters. The van der Waals surface area contributed by atoms with Crippen LogP contribution in [0.4, 0.5) is 5.69 Å². The standard InChI is InChI=1S/C29H40N4O/c1-3-31(4-2)28-12-10-23(11-13-28)24-8-9-26-21-30(15-14-25(26)20-24)22-29(34)33-18-16-32(17-19-33)27-6-5-7-27/h8-13,20,27H,3-7,14-19,21-22H2,1-2H3. The van der Waals surface area contributed by atoms with E-state index in [2.05, 4.69) is 75.9 Å². The highest BCUT2D eigenvalue weighted by Crippen LogP contribution is 2.28. The summed E-state index contributed by atoms with van der Waals surface area (Å²) in [6.45, 7) is 12.8. The van der Waals surface area contributed by atoms with E-state index < -0.39 is 0 Å². The van der Waals surface area contributed by atoms with E-state index in [0.29, 0.717) is 12.5 Å². The number of rotatable bonds is 7. The molecule has 2 aliphatic heterocycles. The van der Waals surface area contributed by atoms with Crippen molar-refractivity contribution in [2.24, 2.45) is 0 Å². The minimum absolute atomic E-state index is 0.307. The first-order valence-electron chi connectivity index (χ1n) is 13.4. The van der Waals surface area contributed by atoms with Crippen molar-refractivity contribution in [1.29, 1.82) is 0 Å². The van der Waals surface area contributed by atoms with E-state index >= 15 is 0 Å². The second kappa shape index (κ2) is 10.5. The van der Waals surface area contributed by atoms with Gasteiger partial charge in [0.1, 0.15) is 0 Å². The lowest BCUT2D eigenvalue weighted by Gasteiger charge is -2.43. The van der Waals surface area contributed by atoms with Crippen LogP contribution in [0, 0.1) is 0 Å². The van der Waals surface area contributed by atoms with Crippen LogP contribution in [-0.2, 0) is 17.8 Å². The van der Waals surface area contributed by atoms with E-state index in [1.54, 1.807) is 0 Å². The molecule has 2 aromatic rings. The maximum atomic E-state index is 13.0. The lowest BCUT2D eigenvalue weighted by atomic mass is 9.91. The zero-order valence-electron chi connectivity index (χ0n) is 21.0. The summed E-state index contributed by atoms with van der Waals surface area (Å²) in [5.41, 5.74) is 6.66. The molecule has 0 unspecified atom stereocenters. The molecule has 0 N–H and O–H groups in total. The fraction of sp³-hybridized carbons (Fsp3) is 0.552. The smallest absolute Gasteiger partial charge is 0.236 e. The zero-order valence-corrected chi connectivity index (χ0v) is 21.0. The second-order valence-electron chi connectivity index (χ2n) is 10.2. The summed E-state index contributed by atoms with van der Waals surface area (Å²) >= 11 is 0. The van der Waals surface area contributed by atoms with Gasteiger partial charge in [-0.3, -0.25) is 14.6 Å². The van der Waals surface area contributed by atoms with Crippen molar-refractivity contribution >= 4 is 11.6 Å². The Labute approximate surface area is 205 Å². The Kier molecular flexibility index (Phi) is 7.21. The van der Waals surface area contributed by atoms with Crippen LogP contribution in [0.25, 0.3) is 11.1 Å². The maximum Gasteiger partial charge on any atom is 0.236 e. The first-order valence-corrected chi connectivity index (χ1v) is 13.4. The number of carbonyl (C=O) groups is 1. The van der Waals surface area contributed by atoms with Gasteiger partial charge in [-0.05, 0) is 67.5 Å². The van der Waals surface area contributed by atoms with Crippen LogP contribution < -0.4 is 4.90 Å². The number of anilines is 1. The van der Waals surface area contributed by atoms with Crippen molar-refractivity contribution in [3.8, 4) is 11.1 Å². The van der Waals surface area contributed by atoms with Crippen molar-refractivity contribution in [2.75, 3.05) is 57.3 Å². The van der Waals surface area contributed by atoms with Crippen LogP contribution in [-0.4, -0.2) is 79.0 Å². The van der Waals surface area contributed by atoms with Crippen LogP contribution in [0.3, 0.4) is 0 Å². The monoisotopic (exact) mass is 460 g/mol. The quantitative estimate of drug-likeness (QED) is 0.618. The number of hydrogen-bond donors (Lipinski definition) is 0. The van der Waals surface area contributed by atoms with Crippen molar-refractivity contribution in [3.63, 3.8) is 0 Å². The van der Waals surface area contributed by atoms with Crippen molar-refractivity contribution in [3.05, 3.63) is 53.6 Å². The molecule has 34 heavy (non-hydrogen) atoms. The number of nitrogens with zero attached hydrogens (tertiary/aromatic N) is 4. The molecule has 5 rings (SSSR count). The van der Waals surface area contributed by atoms with Gasteiger partial charge < -0.3 is 9.80 Å². The SMILES string of the molecule is CCN(CC)c1ccc(-c2ccc3c(c2)CCN(CC(=O)N2CCN(C4CCC4)CC2)C3)cc1. The maximum absolute atomic E-state index is 13.0. The summed E-state index contributed by atoms with van der Waals surface area (Å²) in [7, 11) is 0. The normalized spacial score (nSPS) is 19.5. The first-order chi connectivity index (χ1) is 16.6. The van der Waals surface area contributed by atoms with Crippen LogP contribution in [0.2, 0.25) is 0 Å². The third-order valence-corrected chi connectivity index (χ3v) is 8.24. The third kappa shape index (κ3) is 5.01. The fourth-order valence-electron chi connectivity index (χ4n) is 5.76. The predicted octanol–water partition coefficient (Wildman–Crippen LogP) is 4.25. The first kappa shape index (κ1) is 23.4. The lowest BCUT2D eigenvalue weighted by Crippen LogP contribution is -2.55. The molecule has 5 heteroatoms. The van der Waals surface area contributed by atoms with Crippen molar-refractivity contribution in [1.82, 2.24) is 14.7 Å². The number of hydrogen-bond acceptors (Lipinski definition) is 4. The fourth-order valence-corrected chi connectivity index (χ4v) is 5.76. The highest BCUT2D eigenvalue weighted by molar-refractivity contribution is 5.78. The molecule has 5 nitrogen and oxygen atoms in total. The van der Waals surface area contributed by atoms with E-state index in [1.807, 2.05) is 0 Å². The molecule has 3 aliphatic rings. The van der Waals surface area contributed by atoms with E-state index in [9.17, 15) is 4.79 Å². The molecule has 1 saturated carbocycles. The number of piperazine rings is 1. The largest absolute Gasteiger partial charge is 0.372 e. The summed E-state index contributed by atoms with van der Waals surface area (Å²) in [5, 5.41) is 0. The van der Waals surface area contributed by atoms with E-state index in [4.69, 9.17) is 0 Å². The summed E-state index contributed by atoms with van der Waals surface area (Å²) in [4.78, 5) is 22.4. The molecule has 0 spiro atoms. The second-order valence-corrected chi connectivity index (χ2v) is 10.2. The molecule has 182 valence electrons. The van der Waals surface area contributed by atoms with E-state index in [0.717, 1.165) is 64.8 Å². The topological polar surface area (TPSA) is 30.0 Å². The van der Waals surface area contributed by atoms with Crippen LogP contribution in [0.1, 0.15) is 44.2 Å². The van der Waals surface area contributed by atoms with Crippen molar-refractivity contribution < 1.29 is 4.79 Å². The van der Waals surface area contributed by atoms with Crippen molar-refractivity contribution in [2.45, 2.75) is 52.1 Å². The molecule has 0 aromatic heterocycles. The van der Waals surface area contributed by atoms with Gasteiger partial charge in [-0.2, -0.15) is 0 Å². The zero-order chi connectivity index (χ0) is 23.5. The number of amides is 1. The van der Waals surface area contributed by atoms with Gasteiger partial charge in [0.2, 0.25) is 5.91 Å². The van der Waals surface area contributed by atoms with Gasteiger partial charge in [-0.15, -0.1) is 0 Å². The molecule has 0 radical (unpaired) electrons. The van der Waals surface area contributed by atoms with Gasteiger partial charge in [-0.1, -0.05) is 36.8 Å². The van der Waals surface area contributed by atoms with Crippen LogP contribution in [0.5, 0.6) is 0 Å². The summed E-state index contributed by atoms with van der Waals surface area (Å²) < 4.78 is 0. The highest BCUT2D eigenvalue weighted by Gasteiger charge is 2.30. The van der Waals surface area contributed by atoms with Crippen LogP contribution in [0.15, 0.2) is 42.5 Å². The van der Waals surface area contributed by atoms with E-state index in [-0.39, 0.29) is 0 Å². The van der Waals surface area contributed by atoms with E-state index in [1.165, 1.54) is 47.2 Å². The molecule has 2 heterocycles. The molecule has 1 aliphatic carbocycles. The lowest BCUT2D eigenvalue weighted by molar-refractivity contribution is -0.135. The summed E-state index contributed by atoms with van der Waals surface area (Å²) in [6, 6.07) is 16.6. The highest BCUT2D eigenvalue weighted by atomic mass is 16.2. The number of fused-ring (bicyclic) bond motifs is 1. The van der Waals surface area contributed by atoms with Gasteiger partial charge in [-0.25, -0.2) is 0 Å². The van der Waals surface area contributed by atoms with Gasteiger partial charge in [0, 0.05) is 64.1 Å². The van der Waals surface area contributed by atoms with Gasteiger partial charge in [0.15, 0.2) is 0 Å². The number of carbonyl (C=O) groups excluding carboxylic acids is 1. The molecule has 1 amide bonds. The molecule has 2 aromatic carbocycles. The Bertz CT molecular complexity index is 972. The summed E-state index contributed by atoms with van der Waals surface area (Å²) in [5.74, 6) is 0.307. The average molecular weight is 461 g/mol. The predicted molar refractivity (Wildman–Crippen MR) is 140 cm³/mol. The third-order valence-electron chi connectivity index (χ3n) is 8.24.